The Labute approximate surface area is 87.1 Å². The van der Waals surface area contributed by atoms with E-state index in [0.29, 0.717) is 6.54 Å². The summed E-state index contributed by atoms with van der Waals surface area (Å²) in [5.74, 6) is -0.369. The third-order valence-electron chi connectivity index (χ3n) is 1.81. The number of nitrogens with one attached hydrogen (secondary N) is 1. The third-order valence-corrected chi connectivity index (χ3v) is 1.81. The Morgan fingerprint density at radius 3 is 3.00 bits per heavy atom. The molecule has 1 amide bonds. The zero-order valence-corrected chi connectivity index (χ0v) is 8.56. The fraction of sp³-hybridized carbons (Fsp3) is 0.444. The van der Waals surface area contributed by atoms with Crippen LogP contribution in [-0.2, 0) is 11.3 Å². The quantitative estimate of drug-likeness (QED) is 0.688. The predicted octanol–water partition coefficient (Wildman–Crippen LogP) is -0.449. The van der Waals surface area contributed by atoms with Crippen LogP contribution in [0, 0.1) is 0 Å². The maximum atomic E-state index is 11.7. The number of carbonyl (C=O) groups is 1. The van der Waals surface area contributed by atoms with Crippen molar-refractivity contribution in [3.05, 3.63) is 22.7 Å². The molecule has 0 fully saturated rings. The summed E-state index contributed by atoms with van der Waals surface area (Å²) in [5, 5.41) is 2.59. The van der Waals surface area contributed by atoms with Crippen molar-refractivity contribution in [3.63, 3.8) is 0 Å². The van der Waals surface area contributed by atoms with E-state index in [1.165, 1.54) is 10.8 Å². The Kier molecular flexibility index (Phi) is 3.84. The minimum Gasteiger partial charge on any atom is -0.368 e. The molecule has 0 aromatic carbocycles. The van der Waals surface area contributed by atoms with Crippen LogP contribution in [0.3, 0.4) is 0 Å². The third kappa shape index (κ3) is 3.08. The molecule has 1 rings (SSSR count). The molecule has 0 aliphatic rings. The first-order valence-corrected chi connectivity index (χ1v) is 4.72. The molecule has 15 heavy (non-hydrogen) atoms. The Balaban J connectivity index is 2.84. The Morgan fingerprint density at radius 1 is 1.67 bits per heavy atom. The highest BCUT2D eigenvalue weighted by molar-refractivity contribution is 5.78. The van der Waals surface area contributed by atoms with Gasteiger partial charge in [-0.3, -0.25) is 9.59 Å². The van der Waals surface area contributed by atoms with Gasteiger partial charge in [-0.25, -0.2) is 4.98 Å². The van der Waals surface area contributed by atoms with Gasteiger partial charge in [0.15, 0.2) is 5.82 Å². The zero-order chi connectivity index (χ0) is 11.3. The minimum absolute atomic E-state index is 0.0849. The van der Waals surface area contributed by atoms with Crippen molar-refractivity contribution in [1.29, 1.82) is 0 Å². The zero-order valence-electron chi connectivity index (χ0n) is 8.56. The Morgan fingerprint density at radius 2 is 2.40 bits per heavy atom. The van der Waals surface area contributed by atoms with Crippen LogP contribution in [0.2, 0.25) is 0 Å². The van der Waals surface area contributed by atoms with E-state index in [0.717, 1.165) is 6.42 Å². The van der Waals surface area contributed by atoms with Gasteiger partial charge in [0.2, 0.25) is 5.91 Å². The number of primary amides is 1. The number of anilines is 1. The van der Waals surface area contributed by atoms with E-state index in [1.54, 1.807) is 6.20 Å². The fourth-order valence-corrected chi connectivity index (χ4v) is 1.16. The van der Waals surface area contributed by atoms with Gasteiger partial charge in [-0.05, 0) is 6.42 Å². The summed E-state index contributed by atoms with van der Waals surface area (Å²) in [6.07, 6.45) is 3.99. The first kappa shape index (κ1) is 11.2. The number of aromatic nitrogens is 2. The number of nitrogens with two attached hydrogens (primary N) is 1. The molecule has 0 spiro atoms. The Hall–Kier alpha value is -1.85. The monoisotopic (exact) mass is 210 g/mol. The lowest BCUT2D eigenvalue weighted by Gasteiger charge is -2.06. The van der Waals surface area contributed by atoms with Crippen molar-refractivity contribution >= 4 is 11.7 Å². The number of amides is 1. The molecule has 0 saturated carbocycles. The number of hydrogen-bond acceptors (Lipinski definition) is 4. The highest BCUT2D eigenvalue weighted by Crippen LogP contribution is 1.93. The van der Waals surface area contributed by atoms with Crippen LogP contribution in [0.5, 0.6) is 0 Å². The molecular weight excluding hydrogens is 196 g/mol. The molecule has 0 aliphatic carbocycles. The largest absolute Gasteiger partial charge is 0.368 e. The molecule has 82 valence electrons. The summed E-state index contributed by atoms with van der Waals surface area (Å²) >= 11 is 0. The lowest BCUT2D eigenvalue weighted by atomic mass is 10.4. The van der Waals surface area contributed by atoms with E-state index in [1.807, 2.05) is 6.92 Å². The second kappa shape index (κ2) is 5.14. The van der Waals surface area contributed by atoms with Gasteiger partial charge in [0, 0.05) is 18.9 Å². The highest BCUT2D eigenvalue weighted by Gasteiger charge is 2.04. The summed E-state index contributed by atoms with van der Waals surface area (Å²) in [6, 6.07) is 0. The topological polar surface area (TPSA) is 90.0 Å². The molecule has 0 radical (unpaired) electrons. The van der Waals surface area contributed by atoms with Crippen LogP contribution in [0.15, 0.2) is 17.2 Å². The molecule has 1 heterocycles. The van der Waals surface area contributed by atoms with Crippen molar-refractivity contribution in [2.75, 3.05) is 11.9 Å². The van der Waals surface area contributed by atoms with E-state index in [9.17, 15) is 9.59 Å². The van der Waals surface area contributed by atoms with E-state index < -0.39 is 5.91 Å². The second-order valence-corrected chi connectivity index (χ2v) is 3.09. The van der Waals surface area contributed by atoms with Crippen molar-refractivity contribution in [3.8, 4) is 0 Å². The second-order valence-electron chi connectivity index (χ2n) is 3.09. The smallest absolute Gasteiger partial charge is 0.293 e. The van der Waals surface area contributed by atoms with E-state index in [-0.39, 0.29) is 17.9 Å². The number of hydrogen-bond donors (Lipinski definition) is 2. The van der Waals surface area contributed by atoms with Crippen LogP contribution in [0.4, 0.5) is 5.82 Å². The summed E-state index contributed by atoms with van der Waals surface area (Å²) in [4.78, 5) is 26.0. The maximum Gasteiger partial charge on any atom is 0.293 e. The summed E-state index contributed by atoms with van der Waals surface area (Å²) in [7, 11) is 0. The minimum atomic E-state index is -0.526. The molecule has 0 saturated heterocycles. The van der Waals surface area contributed by atoms with Crippen LogP contribution in [0.25, 0.3) is 0 Å². The first-order chi connectivity index (χ1) is 7.15. The molecule has 3 N–H and O–H groups in total. The van der Waals surface area contributed by atoms with Gasteiger partial charge in [-0.1, -0.05) is 6.92 Å². The van der Waals surface area contributed by atoms with Gasteiger partial charge < -0.3 is 15.6 Å². The molecule has 6 nitrogen and oxygen atoms in total. The molecule has 0 aliphatic heterocycles. The normalized spacial score (nSPS) is 9.93. The summed E-state index contributed by atoms with van der Waals surface area (Å²) in [6.45, 7) is 2.52. The average molecular weight is 210 g/mol. The van der Waals surface area contributed by atoms with E-state index >= 15 is 0 Å². The van der Waals surface area contributed by atoms with Crippen molar-refractivity contribution in [2.24, 2.45) is 5.73 Å². The predicted molar refractivity (Wildman–Crippen MR) is 56.5 cm³/mol. The van der Waals surface area contributed by atoms with Gasteiger partial charge in [0.1, 0.15) is 0 Å². The average Bonchev–Trinajstić information content (AvgIpc) is 2.19. The number of aryl methyl sites for hydroxylation is 1. The van der Waals surface area contributed by atoms with Crippen LogP contribution in [0.1, 0.15) is 13.3 Å². The molecule has 0 bridgehead atoms. The molecule has 6 heteroatoms. The van der Waals surface area contributed by atoms with Gasteiger partial charge >= 0.3 is 0 Å². The Bertz CT molecular complexity index is 399. The van der Waals surface area contributed by atoms with Crippen molar-refractivity contribution in [1.82, 2.24) is 9.55 Å². The van der Waals surface area contributed by atoms with Crippen molar-refractivity contribution in [2.45, 2.75) is 19.9 Å². The van der Waals surface area contributed by atoms with Crippen LogP contribution < -0.4 is 16.6 Å². The van der Waals surface area contributed by atoms with Crippen LogP contribution >= 0.6 is 0 Å². The van der Waals surface area contributed by atoms with E-state index in [4.69, 9.17) is 5.73 Å². The van der Waals surface area contributed by atoms with Gasteiger partial charge in [0.05, 0.1) is 6.54 Å². The SMILES string of the molecule is CCCn1ccnc(NCC(N)=O)c1=O. The lowest BCUT2D eigenvalue weighted by molar-refractivity contribution is -0.116. The number of nitrogens with zero attached hydrogens (tertiary/aromatic N) is 2. The first-order valence-electron chi connectivity index (χ1n) is 4.72. The number of rotatable bonds is 5. The molecule has 0 atom stereocenters. The van der Waals surface area contributed by atoms with Gasteiger partial charge in [0.25, 0.3) is 5.56 Å². The highest BCUT2D eigenvalue weighted by atomic mass is 16.1. The van der Waals surface area contributed by atoms with Crippen LogP contribution in [-0.4, -0.2) is 22.0 Å². The van der Waals surface area contributed by atoms with Gasteiger partial charge in [-0.15, -0.1) is 0 Å². The lowest BCUT2D eigenvalue weighted by Crippen LogP contribution is -2.28. The number of carbonyl (C=O) groups excluding carboxylic acids is 1. The van der Waals surface area contributed by atoms with Crippen molar-refractivity contribution < 1.29 is 4.79 Å². The molecular formula is C9H14N4O2. The summed E-state index contributed by atoms with van der Waals surface area (Å²) in [5.41, 5.74) is 4.71. The molecule has 1 aromatic rings. The van der Waals surface area contributed by atoms with E-state index in [2.05, 4.69) is 10.3 Å². The standard InChI is InChI=1S/C9H14N4O2/c1-2-4-13-5-3-11-8(9(13)15)12-6-7(10)14/h3,5H,2,4,6H2,1H3,(H2,10,14)(H,11,12). The molecule has 0 unspecified atom stereocenters. The van der Waals surface area contributed by atoms with Gasteiger partial charge in [-0.2, -0.15) is 0 Å². The maximum absolute atomic E-state index is 11.7. The molecule has 1 aromatic heterocycles. The summed E-state index contributed by atoms with van der Waals surface area (Å²) < 4.78 is 1.54. The fourth-order valence-electron chi connectivity index (χ4n) is 1.16.